The summed E-state index contributed by atoms with van der Waals surface area (Å²) in [4.78, 5) is 20.5. The van der Waals surface area contributed by atoms with E-state index in [1.54, 1.807) is 24.3 Å². The number of aliphatic hydroxyl groups is 1. The van der Waals surface area contributed by atoms with E-state index >= 15 is 0 Å². The van der Waals surface area contributed by atoms with Gasteiger partial charge < -0.3 is 26.8 Å². The molecule has 0 radical (unpaired) electrons. The molecular weight excluding hydrogens is 408 g/mol. The molecule has 1 aliphatic heterocycles. The van der Waals surface area contributed by atoms with E-state index in [4.69, 9.17) is 10.8 Å². The highest BCUT2D eigenvalue weighted by atomic mass is 32.2. The van der Waals surface area contributed by atoms with Gasteiger partial charge >= 0.3 is 6.03 Å². The van der Waals surface area contributed by atoms with Gasteiger partial charge in [-0.2, -0.15) is 0 Å². The molecule has 0 aliphatic carbocycles. The molecule has 1 aromatic heterocycles. The van der Waals surface area contributed by atoms with Gasteiger partial charge in [-0.1, -0.05) is 0 Å². The number of nitrogens with two attached hydrogens (primary N) is 1. The van der Waals surface area contributed by atoms with Gasteiger partial charge in [0.2, 0.25) is 0 Å². The Morgan fingerprint density at radius 1 is 1.23 bits per heavy atom. The summed E-state index contributed by atoms with van der Waals surface area (Å²) in [5, 5.41) is 17.1. The van der Waals surface area contributed by atoms with E-state index < -0.39 is 20.6 Å². The number of urea groups is 1. The Morgan fingerprint density at radius 3 is 2.50 bits per heavy atom. The van der Waals surface area contributed by atoms with E-state index in [0.29, 0.717) is 48.7 Å². The number of aliphatic hydroxyl groups excluding tert-OH is 1. The van der Waals surface area contributed by atoms with Crippen LogP contribution in [-0.2, 0) is 14.6 Å². The largest absolute Gasteiger partial charge is 0.395 e. The summed E-state index contributed by atoms with van der Waals surface area (Å²) >= 11 is 0. The molecule has 1 saturated heterocycles. The Hall–Kier alpha value is -2.76. The van der Waals surface area contributed by atoms with Gasteiger partial charge in [0.25, 0.3) is 0 Å². The van der Waals surface area contributed by atoms with Gasteiger partial charge in [0, 0.05) is 30.1 Å². The number of anilines is 2. The molecule has 0 unspecified atom stereocenters. The second kappa shape index (κ2) is 8.94. The lowest BCUT2D eigenvalue weighted by molar-refractivity contribution is 0.245. The van der Waals surface area contributed by atoms with Gasteiger partial charge in [0.1, 0.15) is 10.6 Å². The fraction of sp³-hybridized carbons (Fsp3) is 0.421. The first kappa shape index (κ1) is 21.9. The number of amides is 2. The Kier molecular flexibility index (Phi) is 6.54. The van der Waals surface area contributed by atoms with E-state index in [1.165, 1.54) is 12.3 Å². The average Bonchev–Trinajstić information content (AvgIpc) is 2.72. The fourth-order valence-electron chi connectivity index (χ4n) is 3.52. The molecule has 0 saturated carbocycles. The molecule has 0 spiro atoms. The maximum absolute atomic E-state index is 12.7. The van der Waals surface area contributed by atoms with Crippen LogP contribution in [0.15, 0.2) is 30.3 Å². The standard InChI is InChI=1S/C19H26N6O4S/c1-30(28,29)19(6-8-21-9-7-19)15-12-16(20)25-17(24-15)13-2-4-14(5-3-13)23-18(27)22-10-11-26/h2-5,12,21,26H,6-11H2,1H3,(H2,20,24,25)(H2,22,23,27). The van der Waals surface area contributed by atoms with Crippen molar-refractivity contribution in [3.8, 4) is 11.4 Å². The first-order valence-corrected chi connectivity index (χ1v) is 11.5. The lowest BCUT2D eigenvalue weighted by Gasteiger charge is -2.35. The van der Waals surface area contributed by atoms with Crippen molar-refractivity contribution in [1.82, 2.24) is 20.6 Å². The molecule has 1 aromatic carbocycles. The molecule has 0 atom stereocenters. The molecular formula is C19H26N6O4S. The molecule has 1 fully saturated rings. The maximum atomic E-state index is 12.7. The van der Waals surface area contributed by atoms with Crippen molar-refractivity contribution in [2.45, 2.75) is 17.6 Å². The number of nitrogens with zero attached hydrogens (tertiary/aromatic N) is 2. The van der Waals surface area contributed by atoms with E-state index in [-0.39, 0.29) is 19.0 Å². The molecule has 0 bridgehead atoms. The molecule has 2 amide bonds. The van der Waals surface area contributed by atoms with Crippen LogP contribution in [0.2, 0.25) is 0 Å². The summed E-state index contributed by atoms with van der Waals surface area (Å²) in [6.07, 6.45) is 2.06. The first-order valence-electron chi connectivity index (χ1n) is 9.57. The third-order valence-corrected chi connectivity index (χ3v) is 7.17. The predicted molar refractivity (Wildman–Crippen MR) is 115 cm³/mol. The summed E-state index contributed by atoms with van der Waals surface area (Å²) in [5.41, 5.74) is 7.59. The van der Waals surface area contributed by atoms with Crippen molar-refractivity contribution >= 4 is 27.4 Å². The van der Waals surface area contributed by atoms with Crippen molar-refractivity contribution < 1.29 is 18.3 Å². The summed E-state index contributed by atoms with van der Waals surface area (Å²) in [7, 11) is -3.44. The molecule has 2 heterocycles. The van der Waals surface area contributed by atoms with Crippen LogP contribution in [0.3, 0.4) is 0 Å². The lowest BCUT2D eigenvalue weighted by atomic mass is 9.92. The van der Waals surface area contributed by atoms with Crippen molar-refractivity contribution in [2.75, 3.05) is 43.5 Å². The van der Waals surface area contributed by atoms with Crippen LogP contribution in [0, 0.1) is 0 Å². The van der Waals surface area contributed by atoms with E-state index in [1.807, 2.05) is 0 Å². The number of piperidine rings is 1. The predicted octanol–water partition coefficient (Wildman–Crippen LogP) is 0.463. The van der Waals surface area contributed by atoms with Crippen LogP contribution in [0.4, 0.5) is 16.3 Å². The number of nitrogen functional groups attached to an aromatic ring is 1. The Bertz CT molecular complexity index is 1000. The summed E-state index contributed by atoms with van der Waals surface area (Å²) in [5.74, 6) is 0.519. The normalized spacial score (nSPS) is 16.1. The van der Waals surface area contributed by atoms with Gasteiger partial charge in [-0.15, -0.1) is 0 Å². The molecule has 3 rings (SSSR count). The second-order valence-electron chi connectivity index (χ2n) is 7.20. The Balaban J connectivity index is 1.91. The maximum Gasteiger partial charge on any atom is 0.319 e. The summed E-state index contributed by atoms with van der Waals surface area (Å²) in [6, 6.07) is 7.90. The molecule has 30 heavy (non-hydrogen) atoms. The number of rotatable bonds is 6. The monoisotopic (exact) mass is 434 g/mol. The van der Waals surface area contributed by atoms with Gasteiger partial charge in [-0.05, 0) is 50.2 Å². The van der Waals surface area contributed by atoms with Crippen LogP contribution in [0.5, 0.6) is 0 Å². The Labute approximate surface area is 175 Å². The highest BCUT2D eigenvalue weighted by Crippen LogP contribution is 2.38. The van der Waals surface area contributed by atoms with E-state index in [9.17, 15) is 13.2 Å². The molecule has 11 heteroatoms. The van der Waals surface area contributed by atoms with Gasteiger partial charge in [-0.3, -0.25) is 0 Å². The minimum atomic E-state index is -3.44. The van der Waals surface area contributed by atoms with Crippen molar-refractivity contribution in [2.24, 2.45) is 0 Å². The van der Waals surface area contributed by atoms with E-state index in [2.05, 4.69) is 25.9 Å². The fourth-order valence-corrected chi connectivity index (χ4v) is 4.95. The molecule has 6 N–H and O–H groups in total. The summed E-state index contributed by atoms with van der Waals surface area (Å²) in [6.45, 7) is 1.16. The molecule has 2 aromatic rings. The third kappa shape index (κ3) is 4.69. The minimum Gasteiger partial charge on any atom is -0.395 e. The van der Waals surface area contributed by atoms with Crippen LogP contribution >= 0.6 is 0 Å². The number of hydrogen-bond donors (Lipinski definition) is 5. The lowest BCUT2D eigenvalue weighted by Crippen LogP contribution is -2.45. The number of sulfone groups is 1. The average molecular weight is 435 g/mol. The number of benzene rings is 1. The Morgan fingerprint density at radius 2 is 1.90 bits per heavy atom. The van der Waals surface area contributed by atoms with Crippen molar-refractivity contribution in [1.29, 1.82) is 0 Å². The zero-order valence-electron chi connectivity index (χ0n) is 16.7. The SMILES string of the molecule is CS(=O)(=O)C1(c2cc(N)nc(-c3ccc(NC(=O)NCCO)cc3)n2)CCNCC1. The minimum absolute atomic E-state index is 0.146. The number of nitrogens with one attached hydrogen (secondary N) is 3. The van der Waals surface area contributed by atoms with Gasteiger partial charge in [0.15, 0.2) is 15.7 Å². The highest BCUT2D eigenvalue weighted by molar-refractivity contribution is 7.91. The number of aromatic nitrogens is 2. The van der Waals surface area contributed by atoms with Crippen LogP contribution in [0.1, 0.15) is 18.5 Å². The van der Waals surface area contributed by atoms with E-state index in [0.717, 1.165) is 0 Å². The number of hydrogen-bond acceptors (Lipinski definition) is 8. The number of carbonyl (C=O) groups is 1. The zero-order chi connectivity index (χ0) is 21.8. The molecule has 162 valence electrons. The number of carbonyl (C=O) groups excluding carboxylic acids is 1. The second-order valence-corrected chi connectivity index (χ2v) is 9.53. The van der Waals surface area contributed by atoms with Gasteiger partial charge in [-0.25, -0.2) is 23.2 Å². The van der Waals surface area contributed by atoms with Crippen LogP contribution in [-0.4, -0.2) is 62.0 Å². The van der Waals surface area contributed by atoms with Crippen LogP contribution < -0.4 is 21.7 Å². The molecule has 10 nitrogen and oxygen atoms in total. The smallest absolute Gasteiger partial charge is 0.319 e. The third-order valence-electron chi connectivity index (χ3n) is 5.13. The molecule has 1 aliphatic rings. The first-order chi connectivity index (χ1) is 14.2. The van der Waals surface area contributed by atoms with Crippen LogP contribution in [0.25, 0.3) is 11.4 Å². The quantitative estimate of drug-likeness (QED) is 0.438. The summed E-state index contributed by atoms with van der Waals surface area (Å²) < 4.78 is 24.3. The van der Waals surface area contributed by atoms with Gasteiger partial charge in [0.05, 0.1) is 12.3 Å². The van der Waals surface area contributed by atoms with Crippen molar-refractivity contribution in [3.05, 3.63) is 36.0 Å². The topological polar surface area (TPSA) is 159 Å². The highest BCUT2D eigenvalue weighted by Gasteiger charge is 2.45. The van der Waals surface area contributed by atoms with Crippen molar-refractivity contribution in [3.63, 3.8) is 0 Å². The zero-order valence-corrected chi connectivity index (χ0v) is 17.5.